The quantitative estimate of drug-likeness (QED) is 0.292. The topological polar surface area (TPSA) is 151 Å². The van der Waals surface area contributed by atoms with Crippen molar-refractivity contribution >= 4 is 17.9 Å². The summed E-state index contributed by atoms with van der Waals surface area (Å²) in [6, 6.07) is 0. The number of carboxylic acid groups (broad SMARTS) is 1. The summed E-state index contributed by atoms with van der Waals surface area (Å²) in [5.74, 6) is -3.98. The molecule has 0 aromatic heterocycles. The zero-order chi connectivity index (χ0) is 18.8. The van der Waals surface area contributed by atoms with Crippen molar-refractivity contribution in [2.75, 3.05) is 6.61 Å². The van der Waals surface area contributed by atoms with E-state index in [1.165, 1.54) is 0 Å². The van der Waals surface area contributed by atoms with Gasteiger partial charge < -0.3 is 29.9 Å². The maximum absolute atomic E-state index is 11.8. The first kappa shape index (κ1) is 20.9. The predicted octanol–water partition coefficient (Wildman–Crippen LogP) is 0.783. The van der Waals surface area contributed by atoms with E-state index in [-0.39, 0.29) is 12.8 Å². The molecule has 1 heterocycles. The van der Waals surface area contributed by atoms with Gasteiger partial charge in [-0.2, -0.15) is 0 Å². The Bertz CT molecular complexity index is 512. The van der Waals surface area contributed by atoms with E-state index in [4.69, 9.17) is 14.9 Å². The highest BCUT2D eigenvalue weighted by Gasteiger charge is 2.41. The molecule has 0 fully saturated rings. The molecule has 0 spiro atoms. The lowest BCUT2D eigenvalue weighted by atomic mass is 10.1. The first-order valence-electron chi connectivity index (χ1n) is 8.22. The highest BCUT2D eigenvalue weighted by atomic mass is 16.6. The number of carboxylic acids is 1. The van der Waals surface area contributed by atoms with Gasteiger partial charge in [-0.1, -0.05) is 25.7 Å². The van der Waals surface area contributed by atoms with Gasteiger partial charge in [-0.15, -0.1) is 0 Å². The van der Waals surface area contributed by atoms with E-state index in [0.29, 0.717) is 12.8 Å². The third kappa shape index (κ3) is 7.10. The van der Waals surface area contributed by atoms with Gasteiger partial charge in [0.2, 0.25) is 11.5 Å². The molecule has 0 saturated heterocycles. The van der Waals surface area contributed by atoms with Gasteiger partial charge in [0.25, 0.3) is 0 Å². The maximum Gasteiger partial charge on any atom is 0.378 e. The van der Waals surface area contributed by atoms with Crippen LogP contribution in [-0.4, -0.2) is 57.1 Å². The van der Waals surface area contributed by atoms with Crippen molar-refractivity contribution in [2.45, 2.75) is 63.6 Å². The molecule has 1 rings (SSSR count). The number of carbonyl (C=O) groups excluding carboxylic acids is 2. The molecule has 2 atom stereocenters. The Kier molecular flexibility index (Phi) is 8.93. The summed E-state index contributed by atoms with van der Waals surface area (Å²) in [6.45, 7) is -0.728. The molecule has 0 saturated carbocycles. The lowest BCUT2D eigenvalue weighted by Crippen LogP contribution is -2.33. The third-order valence-corrected chi connectivity index (χ3v) is 3.70. The Morgan fingerprint density at radius 1 is 1.08 bits per heavy atom. The number of cyclic esters (lactones) is 1. The fourth-order valence-electron chi connectivity index (χ4n) is 2.34. The van der Waals surface area contributed by atoms with Crippen LogP contribution in [0.25, 0.3) is 0 Å². The van der Waals surface area contributed by atoms with E-state index in [9.17, 15) is 24.6 Å². The number of aliphatic hydroxyl groups excluding tert-OH is 3. The van der Waals surface area contributed by atoms with Gasteiger partial charge in [0.15, 0.2) is 6.10 Å². The molecule has 9 nitrogen and oxygen atoms in total. The fraction of sp³-hybridized carbons (Fsp3) is 0.688. The molecule has 0 amide bonds. The van der Waals surface area contributed by atoms with Gasteiger partial charge in [0, 0.05) is 12.8 Å². The van der Waals surface area contributed by atoms with E-state index >= 15 is 0 Å². The number of rotatable bonds is 12. The van der Waals surface area contributed by atoms with Gasteiger partial charge in [-0.05, 0) is 12.8 Å². The second-order valence-electron chi connectivity index (χ2n) is 5.78. The van der Waals surface area contributed by atoms with Crippen LogP contribution in [0.3, 0.4) is 0 Å². The summed E-state index contributed by atoms with van der Waals surface area (Å²) < 4.78 is 9.55. The molecule has 0 radical (unpaired) electrons. The summed E-state index contributed by atoms with van der Waals surface area (Å²) in [7, 11) is 0. The van der Waals surface area contributed by atoms with E-state index in [1.807, 2.05) is 0 Å². The van der Waals surface area contributed by atoms with Gasteiger partial charge >= 0.3 is 17.9 Å². The molecule has 1 aliphatic heterocycles. The molecule has 0 aromatic carbocycles. The normalized spacial score (nSPS) is 18.2. The van der Waals surface area contributed by atoms with Crippen LogP contribution in [0.15, 0.2) is 11.5 Å². The molecule has 0 aliphatic carbocycles. The average Bonchev–Trinajstić information content (AvgIpc) is 2.84. The summed E-state index contributed by atoms with van der Waals surface area (Å²) in [4.78, 5) is 33.4. The summed E-state index contributed by atoms with van der Waals surface area (Å²) in [6.07, 6.45) is 1.78. The van der Waals surface area contributed by atoms with Crippen LogP contribution >= 0.6 is 0 Å². The minimum atomic E-state index is -1.50. The van der Waals surface area contributed by atoms with E-state index in [2.05, 4.69) is 4.74 Å². The van der Waals surface area contributed by atoms with Crippen molar-refractivity contribution in [3.05, 3.63) is 11.5 Å². The van der Waals surface area contributed by atoms with E-state index in [1.54, 1.807) is 0 Å². The minimum Gasteiger partial charge on any atom is -0.499 e. The number of aliphatic carboxylic acids is 1. The van der Waals surface area contributed by atoms with Gasteiger partial charge in [-0.3, -0.25) is 9.59 Å². The van der Waals surface area contributed by atoms with Crippen molar-refractivity contribution in [1.82, 2.24) is 0 Å². The molecule has 9 heteroatoms. The number of hydrogen-bond acceptors (Lipinski definition) is 8. The van der Waals surface area contributed by atoms with Gasteiger partial charge in [-0.25, -0.2) is 4.79 Å². The smallest absolute Gasteiger partial charge is 0.378 e. The Morgan fingerprint density at radius 3 is 2.20 bits per heavy atom. The van der Waals surface area contributed by atoms with Crippen molar-refractivity contribution in [3.63, 3.8) is 0 Å². The van der Waals surface area contributed by atoms with Crippen LogP contribution in [0.1, 0.15) is 51.4 Å². The molecule has 0 aromatic rings. The minimum absolute atomic E-state index is 0.0576. The Labute approximate surface area is 144 Å². The molecule has 0 bridgehead atoms. The maximum atomic E-state index is 11.8. The molecule has 4 N–H and O–H groups in total. The van der Waals surface area contributed by atoms with Crippen LogP contribution in [0.4, 0.5) is 0 Å². The van der Waals surface area contributed by atoms with Crippen LogP contribution in [0, 0.1) is 0 Å². The summed E-state index contributed by atoms with van der Waals surface area (Å²) in [5, 5.41) is 36.5. The zero-order valence-electron chi connectivity index (χ0n) is 13.8. The second kappa shape index (κ2) is 10.7. The lowest BCUT2D eigenvalue weighted by molar-refractivity contribution is -0.151. The fourth-order valence-corrected chi connectivity index (χ4v) is 2.34. The number of carbonyl (C=O) groups is 3. The molecular formula is C16H24O9. The van der Waals surface area contributed by atoms with Crippen molar-refractivity contribution in [1.29, 1.82) is 0 Å². The molecule has 0 unspecified atom stereocenters. The standard InChI is InChI=1S/C16H24O9/c17-9-10(18)14-15(13(22)16(23)25-14)24-12(21)8-6-4-2-1-3-5-7-11(19)20/h10,14,17-18,22H,1-9H2,(H,19,20)/t10-,14+/m0/s1. The molecule has 142 valence electrons. The third-order valence-electron chi connectivity index (χ3n) is 3.70. The van der Waals surface area contributed by atoms with E-state index < -0.39 is 48.2 Å². The Balaban J connectivity index is 2.27. The van der Waals surface area contributed by atoms with Crippen molar-refractivity contribution in [3.8, 4) is 0 Å². The number of hydrogen-bond donors (Lipinski definition) is 4. The first-order valence-corrected chi connectivity index (χ1v) is 8.22. The largest absolute Gasteiger partial charge is 0.499 e. The summed E-state index contributed by atoms with van der Waals surface area (Å²) >= 11 is 0. The average molecular weight is 360 g/mol. The van der Waals surface area contributed by atoms with Crippen LogP contribution in [-0.2, 0) is 23.9 Å². The van der Waals surface area contributed by atoms with Gasteiger partial charge in [0.1, 0.15) is 6.10 Å². The van der Waals surface area contributed by atoms with Crippen LogP contribution in [0.5, 0.6) is 0 Å². The van der Waals surface area contributed by atoms with Crippen molar-refractivity contribution < 1.29 is 44.3 Å². The molecule has 1 aliphatic rings. The summed E-state index contributed by atoms with van der Waals surface area (Å²) in [5.41, 5.74) is 0. The van der Waals surface area contributed by atoms with E-state index in [0.717, 1.165) is 25.7 Å². The Hall–Kier alpha value is -2.13. The Morgan fingerprint density at radius 2 is 1.64 bits per heavy atom. The highest BCUT2D eigenvalue weighted by Crippen LogP contribution is 2.25. The van der Waals surface area contributed by atoms with Crippen molar-refractivity contribution in [2.24, 2.45) is 0 Å². The number of unbranched alkanes of at least 4 members (excludes halogenated alkanes) is 5. The predicted molar refractivity (Wildman–Crippen MR) is 83.3 cm³/mol. The zero-order valence-corrected chi connectivity index (χ0v) is 13.8. The second-order valence-corrected chi connectivity index (χ2v) is 5.78. The van der Waals surface area contributed by atoms with Crippen LogP contribution < -0.4 is 0 Å². The lowest BCUT2D eigenvalue weighted by Gasteiger charge is -2.17. The number of aliphatic hydroxyl groups is 3. The molecule has 25 heavy (non-hydrogen) atoms. The highest BCUT2D eigenvalue weighted by molar-refractivity contribution is 5.90. The SMILES string of the molecule is O=C(O)CCCCCCCCC(=O)OC1=C(O)C(=O)O[C@@H]1[C@@H](O)CO. The number of esters is 2. The van der Waals surface area contributed by atoms with Crippen LogP contribution in [0.2, 0.25) is 0 Å². The molecular weight excluding hydrogens is 336 g/mol. The number of ether oxygens (including phenoxy) is 2. The monoisotopic (exact) mass is 360 g/mol. The van der Waals surface area contributed by atoms with Gasteiger partial charge in [0.05, 0.1) is 6.61 Å². The first-order chi connectivity index (χ1) is 11.9.